The van der Waals surface area contributed by atoms with Crippen molar-refractivity contribution in [3.8, 4) is 17.2 Å². The summed E-state index contributed by atoms with van der Waals surface area (Å²) in [6.07, 6.45) is 0. The molecular formula is C22H16FN3O5S. The van der Waals surface area contributed by atoms with Crippen molar-refractivity contribution in [2.45, 2.75) is 6.54 Å². The van der Waals surface area contributed by atoms with Gasteiger partial charge in [-0.3, -0.25) is 14.2 Å². The number of hydrogen-bond donors (Lipinski definition) is 1. The minimum Gasteiger partial charge on any atom is -0.486 e. The summed E-state index contributed by atoms with van der Waals surface area (Å²) in [5.41, 5.74) is -0.818. The first-order valence-electron chi connectivity index (χ1n) is 9.70. The Labute approximate surface area is 184 Å². The number of benzene rings is 2. The number of ether oxygens (including phenoxy) is 2. The van der Waals surface area contributed by atoms with Crippen LogP contribution in [0.3, 0.4) is 0 Å². The van der Waals surface area contributed by atoms with Gasteiger partial charge in [0.15, 0.2) is 11.5 Å². The second-order valence-electron chi connectivity index (χ2n) is 7.00. The molecule has 2 aromatic carbocycles. The quantitative estimate of drug-likeness (QED) is 0.513. The Kier molecular flexibility index (Phi) is 4.98. The molecule has 1 N–H and O–H groups in total. The summed E-state index contributed by atoms with van der Waals surface area (Å²) >= 11 is 1.12. The fraction of sp³-hybridized carbons (Fsp3) is 0.136. The van der Waals surface area contributed by atoms with Crippen molar-refractivity contribution in [2.75, 3.05) is 18.5 Å². The molecule has 0 atom stereocenters. The number of aromatic nitrogens is 2. The Morgan fingerprint density at radius 3 is 2.66 bits per heavy atom. The minimum absolute atomic E-state index is 0.168. The van der Waals surface area contributed by atoms with Crippen LogP contribution in [0.2, 0.25) is 0 Å². The number of anilines is 1. The van der Waals surface area contributed by atoms with Crippen molar-refractivity contribution in [1.29, 1.82) is 0 Å². The van der Waals surface area contributed by atoms with Gasteiger partial charge < -0.3 is 14.8 Å². The van der Waals surface area contributed by atoms with Crippen molar-refractivity contribution >= 4 is 33.1 Å². The minimum atomic E-state index is -0.802. The van der Waals surface area contributed by atoms with E-state index in [9.17, 15) is 18.8 Å². The number of thiophene rings is 1. The van der Waals surface area contributed by atoms with E-state index in [1.165, 1.54) is 24.3 Å². The van der Waals surface area contributed by atoms with Crippen LogP contribution in [0, 0.1) is 5.82 Å². The van der Waals surface area contributed by atoms with Gasteiger partial charge in [-0.25, -0.2) is 13.8 Å². The largest absolute Gasteiger partial charge is 0.486 e. The fourth-order valence-corrected chi connectivity index (χ4v) is 4.37. The van der Waals surface area contributed by atoms with Crippen LogP contribution in [-0.4, -0.2) is 28.3 Å². The lowest BCUT2D eigenvalue weighted by molar-refractivity contribution is -0.116. The smallest absolute Gasteiger partial charge is 0.336 e. The van der Waals surface area contributed by atoms with E-state index >= 15 is 0 Å². The number of para-hydroxylation sites is 1. The molecule has 0 radical (unpaired) electrons. The predicted molar refractivity (Wildman–Crippen MR) is 118 cm³/mol. The Bertz CT molecular complexity index is 1470. The summed E-state index contributed by atoms with van der Waals surface area (Å²) in [5, 5.41) is 4.36. The number of halogens is 1. The maximum absolute atomic E-state index is 14.4. The van der Waals surface area contributed by atoms with Gasteiger partial charge in [-0.1, -0.05) is 12.1 Å². The molecule has 32 heavy (non-hydrogen) atoms. The number of hydrogen-bond acceptors (Lipinski definition) is 6. The highest BCUT2D eigenvalue weighted by Crippen LogP contribution is 2.32. The average molecular weight is 453 g/mol. The highest BCUT2D eigenvalue weighted by Gasteiger charge is 2.20. The summed E-state index contributed by atoms with van der Waals surface area (Å²) in [7, 11) is 0. The van der Waals surface area contributed by atoms with Gasteiger partial charge in [-0.05, 0) is 35.7 Å². The van der Waals surface area contributed by atoms with E-state index in [0.29, 0.717) is 35.9 Å². The SMILES string of the molecule is O=C(Cn1c(=O)n(-c2ccccc2F)c(=O)c2sccc21)Nc1ccc2c(c1)OCCO2. The molecule has 1 aliphatic rings. The van der Waals surface area contributed by atoms with Gasteiger partial charge in [0.1, 0.15) is 30.3 Å². The first-order valence-corrected chi connectivity index (χ1v) is 10.6. The van der Waals surface area contributed by atoms with E-state index in [2.05, 4.69) is 5.32 Å². The monoisotopic (exact) mass is 453 g/mol. The molecule has 162 valence electrons. The first kappa shape index (κ1) is 20.0. The predicted octanol–water partition coefficient (Wildman–Crippen LogP) is 2.76. The Morgan fingerprint density at radius 2 is 1.84 bits per heavy atom. The third kappa shape index (κ3) is 3.44. The molecule has 8 nitrogen and oxygen atoms in total. The van der Waals surface area contributed by atoms with Crippen molar-refractivity contribution in [3.63, 3.8) is 0 Å². The number of nitrogens with one attached hydrogen (secondary N) is 1. The Hall–Kier alpha value is -3.92. The van der Waals surface area contributed by atoms with E-state index < -0.39 is 23.0 Å². The van der Waals surface area contributed by atoms with Crippen molar-refractivity contribution in [1.82, 2.24) is 9.13 Å². The average Bonchev–Trinajstić information content (AvgIpc) is 3.28. The summed E-state index contributed by atoms with van der Waals surface area (Å²) in [4.78, 5) is 38.8. The van der Waals surface area contributed by atoms with E-state index in [1.807, 2.05) is 0 Å². The molecule has 0 saturated heterocycles. The zero-order valence-electron chi connectivity index (χ0n) is 16.5. The molecule has 2 aromatic heterocycles. The van der Waals surface area contributed by atoms with Gasteiger partial charge >= 0.3 is 5.69 Å². The summed E-state index contributed by atoms with van der Waals surface area (Å²) in [5.74, 6) is -0.105. The molecule has 0 fully saturated rings. The number of fused-ring (bicyclic) bond motifs is 2. The van der Waals surface area contributed by atoms with E-state index in [1.54, 1.807) is 29.6 Å². The van der Waals surface area contributed by atoms with Gasteiger partial charge in [0.05, 0.1) is 11.2 Å². The normalized spacial score (nSPS) is 12.7. The number of nitrogens with zero attached hydrogens (tertiary/aromatic N) is 2. The third-order valence-corrected chi connectivity index (χ3v) is 5.87. The zero-order valence-corrected chi connectivity index (χ0v) is 17.4. The molecule has 0 saturated carbocycles. The Morgan fingerprint density at radius 1 is 1.06 bits per heavy atom. The molecule has 0 unspecified atom stereocenters. The molecule has 10 heteroatoms. The lowest BCUT2D eigenvalue weighted by Crippen LogP contribution is -2.40. The van der Waals surface area contributed by atoms with Gasteiger partial charge in [-0.2, -0.15) is 0 Å². The molecule has 0 bridgehead atoms. The molecule has 1 aliphatic heterocycles. The van der Waals surface area contributed by atoms with Crippen molar-refractivity contribution in [3.05, 3.63) is 80.6 Å². The van der Waals surface area contributed by atoms with E-state index in [0.717, 1.165) is 20.5 Å². The van der Waals surface area contributed by atoms with Crippen LogP contribution in [0.5, 0.6) is 11.5 Å². The van der Waals surface area contributed by atoms with E-state index in [4.69, 9.17) is 9.47 Å². The molecule has 4 aromatic rings. The van der Waals surface area contributed by atoms with Gasteiger partial charge in [0.2, 0.25) is 5.91 Å². The molecule has 0 aliphatic carbocycles. The maximum Gasteiger partial charge on any atom is 0.336 e. The number of carbonyl (C=O) groups excluding carboxylic acids is 1. The molecule has 1 amide bonds. The van der Waals surface area contributed by atoms with Crippen LogP contribution in [0.1, 0.15) is 0 Å². The van der Waals surface area contributed by atoms with Crippen LogP contribution in [-0.2, 0) is 11.3 Å². The van der Waals surface area contributed by atoms with Crippen LogP contribution in [0.15, 0.2) is 63.5 Å². The van der Waals surface area contributed by atoms with Crippen LogP contribution >= 0.6 is 11.3 Å². The molecule has 3 heterocycles. The van der Waals surface area contributed by atoms with E-state index in [-0.39, 0.29) is 16.9 Å². The number of carbonyl (C=O) groups is 1. The molecular weight excluding hydrogens is 437 g/mol. The third-order valence-electron chi connectivity index (χ3n) is 4.98. The highest BCUT2D eigenvalue weighted by atomic mass is 32.1. The number of amides is 1. The second-order valence-corrected chi connectivity index (χ2v) is 7.92. The van der Waals surface area contributed by atoms with Gasteiger partial charge in [0.25, 0.3) is 5.56 Å². The van der Waals surface area contributed by atoms with Crippen LogP contribution in [0.25, 0.3) is 15.9 Å². The summed E-state index contributed by atoms with van der Waals surface area (Å²) in [6, 6.07) is 12.1. The molecule has 0 spiro atoms. The highest BCUT2D eigenvalue weighted by molar-refractivity contribution is 7.17. The van der Waals surface area contributed by atoms with Gasteiger partial charge in [0, 0.05) is 11.8 Å². The second kappa shape index (κ2) is 7.97. The molecule has 5 rings (SSSR count). The standard InChI is InChI=1S/C22H16FN3O5S/c23-14-3-1-2-4-15(14)26-21(28)20-16(7-10-32-20)25(22(26)29)12-19(27)24-13-5-6-17-18(11-13)31-9-8-30-17/h1-7,10-11H,8-9,12H2,(H,24,27). The maximum atomic E-state index is 14.4. The number of rotatable bonds is 4. The first-order chi connectivity index (χ1) is 15.5. The van der Waals surface area contributed by atoms with Crippen LogP contribution < -0.4 is 26.0 Å². The zero-order chi connectivity index (χ0) is 22.2. The fourth-order valence-electron chi connectivity index (χ4n) is 3.55. The lowest BCUT2D eigenvalue weighted by Gasteiger charge is -2.19. The topological polar surface area (TPSA) is 91.6 Å². The van der Waals surface area contributed by atoms with Crippen LogP contribution in [0.4, 0.5) is 10.1 Å². The van der Waals surface area contributed by atoms with Crippen molar-refractivity contribution < 1.29 is 18.7 Å². The summed E-state index contributed by atoms with van der Waals surface area (Å²) in [6.45, 7) is 0.499. The summed E-state index contributed by atoms with van der Waals surface area (Å²) < 4.78 is 27.5. The van der Waals surface area contributed by atoms with Crippen molar-refractivity contribution in [2.24, 2.45) is 0 Å². The van der Waals surface area contributed by atoms with Gasteiger partial charge in [-0.15, -0.1) is 11.3 Å². The Balaban J connectivity index is 1.52. The lowest BCUT2D eigenvalue weighted by atomic mass is 10.2.